The van der Waals surface area contributed by atoms with Crippen LogP contribution in [0.1, 0.15) is 37.9 Å². The van der Waals surface area contributed by atoms with Gasteiger partial charge in [-0.3, -0.25) is 9.69 Å². The van der Waals surface area contributed by atoms with Gasteiger partial charge in [-0.2, -0.15) is 13.2 Å². The third-order valence-corrected chi connectivity index (χ3v) is 6.92. The van der Waals surface area contributed by atoms with Crippen LogP contribution < -0.4 is 0 Å². The number of hydrogen-bond donors (Lipinski definition) is 0. The standard InChI is InChI=1S/C27H28F3NO7S/c1-26(2,3)38-25(33)31(16-21-12-13-23(37-21)27(28,29)30)15-18-8-10-19(11-9-18)20-6-5-7-22(14-20)39(34,35)17-24(32)36-4/h5-14H,15-17H2,1-4H3. The maximum atomic E-state index is 13.0. The van der Waals surface area contributed by atoms with Crippen molar-refractivity contribution in [2.45, 2.75) is 50.5 Å². The number of sulfone groups is 1. The number of nitrogens with zero attached hydrogens (tertiary/aromatic N) is 1. The first kappa shape index (κ1) is 29.8. The van der Waals surface area contributed by atoms with E-state index in [1.165, 1.54) is 17.0 Å². The zero-order valence-electron chi connectivity index (χ0n) is 21.7. The Labute approximate surface area is 224 Å². The van der Waals surface area contributed by atoms with Crippen LogP contribution >= 0.6 is 0 Å². The molecule has 210 valence electrons. The van der Waals surface area contributed by atoms with E-state index in [0.29, 0.717) is 16.7 Å². The first-order valence-electron chi connectivity index (χ1n) is 11.7. The first-order valence-corrected chi connectivity index (χ1v) is 13.4. The average Bonchev–Trinajstić information content (AvgIpc) is 3.32. The van der Waals surface area contributed by atoms with Crippen molar-refractivity contribution < 1.29 is 45.1 Å². The molecule has 0 saturated heterocycles. The lowest BCUT2D eigenvalue weighted by molar-refractivity contribution is -0.153. The van der Waals surface area contributed by atoms with Crippen LogP contribution in [0.2, 0.25) is 0 Å². The van der Waals surface area contributed by atoms with Crippen molar-refractivity contribution in [3.05, 3.63) is 77.7 Å². The Bertz CT molecular complexity index is 1420. The Hall–Kier alpha value is -3.80. The minimum atomic E-state index is -4.65. The number of carbonyl (C=O) groups excluding carboxylic acids is 2. The second-order valence-corrected chi connectivity index (χ2v) is 11.6. The molecule has 3 aromatic rings. The highest BCUT2D eigenvalue weighted by Gasteiger charge is 2.35. The molecule has 1 amide bonds. The van der Waals surface area contributed by atoms with Crippen LogP contribution in [0.4, 0.5) is 18.0 Å². The predicted molar refractivity (Wildman–Crippen MR) is 135 cm³/mol. The minimum Gasteiger partial charge on any atom is -0.468 e. The lowest BCUT2D eigenvalue weighted by Crippen LogP contribution is -2.36. The third kappa shape index (κ3) is 8.34. The Morgan fingerprint density at radius 2 is 1.59 bits per heavy atom. The number of amides is 1. The fourth-order valence-electron chi connectivity index (χ4n) is 3.50. The van der Waals surface area contributed by atoms with E-state index in [1.54, 1.807) is 57.2 Å². The maximum Gasteiger partial charge on any atom is 0.449 e. The van der Waals surface area contributed by atoms with E-state index in [0.717, 1.165) is 19.2 Å². The SMILES string of the molecule is COC(=O)CS(=O)(=O)c1cccc(-c2ccc(CN(Cc3ccc(C(F)(F)F)o3)C(=O)OC(C)(C)C)cc2)c1. The Morgan fingerprint density at radius 3 is 2.15 bits per heavy atom. The summed E-state index contributed by atoms with van der Waals surface area (Å²) in [5.41, 5.74) is 1.05. The molecule has 0 aliphatic carbocycles. The molecule has 0 N–H and O–H groups in total. The van der Waals surface area contributed by atoms with Crippen molar-refractivity contribution in [3.8, 4) is 11.1 Å². The van der Waals surface area contributed by atoms with Gasteiger partial charge in [-0.15, -0.1) is 0 Å². The van der Waals surface area contributed by atoms with Gasteiger partial charge in [0.15, 0.2) is 15.6 Å². The second-order valence-electron chi connectivity index (χ2n) is 9.66. The molecule has 0 spiro atoms. The molecule has 39 heavy (non-hydrogen) atoms. The lowest BCUT2D eigenvalue weighted by Gasteiger charge is -2.27. The van der Waals surface area contributed by atoms with Gasteiger partial charge in [-0.1, -0.05) is 36.4 Å². The largest absolute Gasteiger partial charge is 0.468 e. The molecule has 12 heteroatoms. The van der Waals surface area contributed by atoms with Gasteiger partial charge in [0.25, 0.3) is 0 Å². The van der Waals surface area contributed by atoms with E-state index in [9.17, 15) is 31.2 Å². The summed E-state index contributed by atoms with van der Waals surface area (Å²) in [6.07, 6.45) is -5.39. The molecule has 2 aromatic carbocycles. The third-order valence-electron chi connectivity index (χ3n) is 5.33. The molecule has 1 aromatic heterocycles. The van der Waals surface area contributed by atoms with Crippen molar-refractivity contribution in [1.82, 2.24) is 4.90 Å². The van der Waals surface area contributed by atoms with Crippen LogP contribution in [0.5, 0.6) is 0 Å². The number of esters is 1. The highest BCUT2D eigenvalue weighted by molar-refractivity contribution is 7.92. The van der Waals surface area contributed by atoms with Crippen LogP contribution in [-0.2, 0) is 43.4 Å². The van der Waals surface area contributed by atoms with Crippen molar-refractivity contribution in [1.29, 1.82) is 0 Å². The number of furan rings is 1. The van der Waals surface area contributed by atoms with E-state index in [-0.39, 0.29) is 23.7 Å². The van der Waals surface area contributed by atoms with E-state index in [4.69, 9.17) is 9.15 Å². The van der Waals surface area contributed by atoms with Crippen LogP contribution in [0, 0.1) is 0 Å². The Balaban J connectivity index is 1.82. The zero-order valence-corrected chi connectivity index (χ0v) is 22.6. The maximum absolute atomic E-state index is 13.0. The van der Waals surface area contributed by atoms with Crippen LogP contribution in [-0.4, -0.2) is 43.8 Å². The number of hydrogen-bond acceptors (Lipinski definition) is 7. The van der Waals surface area contributed by atoms with Crippen LogP contribution in [0.15, 0.2) is 70.0 Å². The summed E-state index contributed by atoms with van der Waals surface area (Å²) in [4.78, 5) is 25.5. The fraction of sp³-hybridized carbons (Fsp3) is 0.333. The average molecular weight is 568 g/mol. The van der Waals surface area contributed by atoms with Crippen molar-refractivity contribution in [3.63, 3.8) is 0 Å². The molecule has 8 nitrogen and oxygen atoms in total. The molecule has 3 rings (SSSR count). The molecular formula is C27H28F3NO7S. The highest BCUT2D eigenvalue weighted by atomic mass is 32.2. The van der Waals surface area contributed by atoms with Crippen LogP contribution in [0.25, 0.3) is 11.1 Å². The van der Waals surface area contributed by atoms with Crippen molar-refractivity contribution in [2.75, 3.05) is 12.9 Å². The predicted octanol–water partition coefficient (Wildman–Crippen LogP) is 5.85. The second kappa shape index (κ2) is 11.5. The smallest absolute Gasteiger partial charge is 0.449 e. The van der Waals surface area contributed by atoms with Gasteiger partial charge in [0, 0.05) is 6.54 Å². The quantitative estimate of drug-likeness (QED) is 0.315. The van der Waals surface area contributed by atoms with Gasteiger partial charge in [-0.05, 0) is 61.7 Å². The molecule has 0 radical (unpaired) electrons. The molecule has 1 heterocycles. The molecule has 0 fully saturated rings. The van der Waals surface area contributed by atoms with Crippen molar-refractivity contribution in [2.24, 2.45) is 0 Å². The van der Waals surface area contributed by atoms with Gasteiger partial charge >= 0.3 is 18.2 Å². The number of rotatable bonds is 8. The molecule has 0 atom stereocenters. The number of carbonyl (C=O) groups is 2. The summed E-state index contributed by atoms with van der Waals surface area (Å²) in [5, 5.41) is 0. The number of alkyl halides is 3. The summed E-state index contributed by atoms with van der Waals surface area (Å²) in [5.74, 6) is -2.88. The Morgan fingerprint density at radius 1 is 0.923 bits per heavy atom. The van der Waals surface area contributed by atoms with Crippen LogP contribution in [0.3, 0.4) is 0 Å². The summed E-state index contributed by atoms with van der Waals surface area (Å²) >= 11 is 0. The molecule has 0 bridgehead atoms. The topological polar surface area (TPSA) is 103 Å². The summed E-state index contributed by atoms with van der Waals surface area (Å²) in [6.45, 7) is 4.77. The van der Waals surface area contributed by atoms with Gasteiger partial charge < -0.3 is 13.9 Å². The monoisotopic (exact) mass is 567 g/mol. The molecule has 0 aliphatic rings. The lowest BCUT2D eigenvalue weighted by atomic mass is 10.0. The molecule has 0 saturated carbocycles. The molecule has 0 aliphatic heterocycles. The van der Waals surface area contributed by atoms with Gasteiger partial charge in [0.05, 0.1) is 18.6 Å². The number of benzene rings is 2. The number of ether oxygens (including phenoxy) is 2. The normalized spacial score (nSPS) is 12.2. The number of halogens is 3. The first-order chi connectivity index (χ1) is 18.1. The van der Waals surface area contributed by atoms with E-state index in [1.807, 2.05) is 0 Å². The summed E-state index contributed by atoms with van der Waals surface area (Å²) in [6, 6.07) is 14.9. The van der Waals surface area contributed by atoms with E-state index >= 15 is 0 Å². The highest BCUT2D eigenvalue weighted by Crippen LogP contribution is 2.31. The molecule has 0 unspecified atom stereocenters. The number of methoxy groups -OCH3 is 1. The summed E-state index contributed by atoms with van der Waals surface area (Å²) < 4.78 is 78.6. The Kier molecular flexibility index (Phi) is 8.79. The molecular weight excluding hydrogens is 539 g/mol. The fourth-order valence-corrected chi connectivity index (χ4v) is 4.69. The van der Waals surface area contributed by atoms with Gasteiger partial charge in [0.1, 0.15) is 11.4 Å². The van der Waals surface area contributed by atoms with E-state index in [2.05, 4.69) is 4.74 Å². The minimum absolute atomic E-state index is 0.00475. The van der Waals surface area contributed by atoms with Crippen molar-refractivity contribution >= 4 is 21.9 Å². The van der Waals surface area contributed by atoms with Gasteiger partial charge in [-0.25, -0.2) is 13.2 Å². The zero-order chi connectivity index (χ0) is 29.0. The van der Waals surface area contributed by atoms with Gasteiger partial charge in [0.2, 0.25) is 5.76 Å². The van der Waals surface area contributed by atoms with E-state index < -0.39 is 45.2 Å². The summed E-state index contributed by atoms with van der Waals surface area (Å²) in [7, 11) is -2.79.